The average molecular weight is 180 g/mol. The summed E-state index contributed by atoms with van der Waals surface area (Å²) in [5, 5.41) is 2.17. The van der Waals surface area contributed by atoms with Gasteiger partial charge in [-0.3, -0.25) is 4.84 Å². The first-order valence-corrected chi connectivity index (χ1v) is 3.27. The van der Waals surface area contributed by atoms with Gasteiger partial charge in [-0.05, 0) is 0 Å². The molecule has 8 heteroatoms. The molecular formula is C5H4N6O2. The Balaban J connectivity index is 2.62. The van der Waals surface area contributed by atoms with Crippen LogP contribution in [0.25, 0.3) is 11.2 Å². The van der Waals surface area contributed by atoms with E-state index in [2.05, 4.69) is 30.1 Å². The molecule has 0 aliphatic rings. The van der Waals surface area contributed by atoms with Gasteiger partial charge in [0.2, 0.25) is 0 Å². The lowest BCUT2D eigenvalue weighted by molar-refractivity contribution is 0.308. The zero-order valence-corrected chi connectivity index (χ0v) is 6.26. The van der Waals surface area contributed by atoms with Crippen LogP contribution in [-0.4, -0.2) is 19.9 Å². The number of aromatic nitrogens is 4. The molecule has 8 nitrogen and oxygen atoms in total. The second-order valence-corrected chi connectivity index (χ2v) is 2.16. The number of hydrogen-bond acceptors (Lipinski definition) is 7. The van der Waals surface area contributed by atoms with Crippen molar-refractivity contribution in [2.75, 3.05) is 5.73 Å². The van der Waals surface area contributed by atoms with Crippen molar-refractivity contribution in [1.29, 1.82) is 0 Å². The first-order chi connectivity index (χ1) is 6.31. The van der Waals surface area contributed by atoms with Crippen molar-refractivity contribution < 1.29 is 4.84 Å². The molecule has 2 rings (SSSR count). The highest BCUT2D eigenvalue weighted by Gasteiger charge is 2.07. The van der Waals surface area contributed by atoms with Crippen LogP contribution in [0.3, 0.4) is 0 Å². The molecule has 2 heterocycles. The minimum Gasteiger partial charge on any atom is -0.382 e. The van der Waals surface area contributed by atoms with E-state index in [0.29, 0.717) is 11.2 Å². The Kier molecular flexibility index (Phi) is 1.51. The van der Waals surface area contributed by atoms with Crippen molar-refractivity contribution in [2.24, 2.45) is 5.34 Å². The molecule has 0 saturated carbocycles. The summed E-state index contributed by atoms with van der Waals surface area (Å²) in [5.41, 5.74) is 6.31. The molecule has 0 amide bonds. The molecule has 0 unspecified atom stereocenters. The van der Waals surface area contributed by atoms with Crippen LogP contribution in [0, 0.1) is 4.91 Å². The predicted octanol–water partition coefficient (Wildman–Crippen LogP) is -0.00470. The summed E-state index contributed by atoms with van der Waals surface area (Å²) in [4.78, 5) is 27.8. The van der Waals surface area contributed by atoms with Crippen LogP contribution < -0.4 is 10.6 Å². The van der Waals surface area contributed by atoms with E-state index in [1.165, 1.54) is 6.33 Å². The molecule has 13 heavy (non-hydrogen) atoms. The zero-order valence-electron chi connectivity index (χ0n) is 6.26. The number of nitrogen functional groups attached to an aromatic ring is 1. The fraction of sp³-hybridized carbons (Fsp3) is 0. The molecule has 0 fully saturated rings. The van der Waals surface area contributed by atoms with Crippen molar-refractivity contribution in [3.05, 3.63) is 11.2 Å². The number of aromatic amines is 1. The monoisotopic (exact) mass is 180 g/mol. The van der Waals surface area contributed by atoms with Gasteiger partial charge in [0.15, 0.2) is 16.8 Å². The van der Waals surface area contributed by atoms with Gasteiger partial charge in [-0.2, -0.15) is 9.97 Å². The Morgan fingerprint density at radius 1 is 1.54 bits per heavy atom. The Hall–Kier alpha value is -2.25. The molecule has 0 radical (unpaired) electrons. The maximum Gasteiger partial charge on any atom is 0.353 e. The standard InChI is InChI=1S/C5H4N6O2/c6-3-2-4(8-1-7-2)10-5(9-3)13-11-12/h1H,(H3,6,7,8,9,10). The molecule has 0 atom stereocenters. The molecule has 0 bridgehead atoms. The summed E-state index contributed by atoms with van der Waals surface area (Å²) >= 11 is 0. The number of imidazole rings is 1. The SMILES string of the molecule is Nc1nc(ON=O)nc2nc[nH]c12. The molecule has 0 spiro atoms. The second kappa shape index (κ2) is 2.66. The summed E-state index contributed by atoms with van der Waals surface area (Å²) in [6.07, 6.45) is 1.41. The van der Waals surface area contributed by atoms with Crippen LogP contribution in [0.4, 0.5) is 5.82 Å². The lowest BCUT2D eigenvalue weighted by atomic mass is 10.5. The Labute approximate surface area is 71.1 Å². The van der Waals surface area contributed by atoms with Gasteiger partial charge < -0.3 is 10.7 Å². The summed E-state index contributed by atoms with van der Waals surface area (Å²) in [5.74, 6) is 0.154. The Morgan fingerprint density at radius 3 is 3.15 bits per heavy atom. The van der Waals surface area contributed by atoms with Crippen LogP contribution in [0.5, 0.6) is 6.01 Å². The van der Waals surface area contributed by atoms with E-state index in [-0.39, 0.29) is 11.8 Å². The third kappa shape index (κ3) is 1.13. The highest BCUT2D eigenvalue weighted by Crippen LogP contribution is 2.16. The third-order valence-corrected chi connectivity index (χ3v) is 1.41. The van der Waals surface area contributed by atoms with Crippen LogP contribution in [0.2, 0.25) is 0 Å². The highest BCUT2D eigenvalue weighted by molar-refractivity contribution is 5.81. The summed E-state index contributed by atoms with van der Waals surface area (Å²) in [7, 11) is 0. The lowest BCUT2D eigenvalue weighted by Crippen LogP contribution is -1.97. The molecule has 3 N–H and O–H groups in total. The quantitative estimate of drug-likeness (QED) is 0.495. The molecule has 2 aromatic rings. The van der Waals surface area contributed by atoms with Crippen molar-refractivity contribution in [1.82, 2.24) is 19.9 Å². The molecule has 0 saturated heterocycles. The number of anilines is 1. The van der Waals surface area contributed by atoms with E-state index in [1.807, 2.05) is 0 Å². The van der Waals surface area contributed by atoms with Gasteiger partial charge in [0.05, 0.1) is 6.33 Å². The normalized spacial score (nSPS) is 10.2. The van der Waals surface area contributed by atoms with Gasteiger partial charge in [0.25, 0.3) is 0 Å². The zero-order chi connectivity index (χ0) is 9.26. The molecule has 0 aromatic carbocycles. The largest absolute Gasteiger partial charge is 0.382 e. The summed E-state index contributed by atoms with van der Waals surface area (Å²) in [6, 6.07) is -0.216. The minimum absolute atomic E-state index is 0.154. The van der Waals surface area contributed by atoms with Gasteiger partial charge >= 0.3 is 6.01 Å². The number of nitrogens with zero attached hydrogens (tertiary/aromatic N) is 4. The van der Waals surface area contributed by atoms with Crippen molar-refractivity contribution in [3.63, 3.8) is 0 Å². The first-order valence-electron chi connectivity index (χ1n) is 3.27. The van der Waals surface area contributed by atoms with Gasteiger partial charge in [-0.25, -0.2) is 4.98 Å². The van der Waals surface area contributed by atoms with E-state index < -0.39 is 0 Å². The molecular weight excluding hydrogens is 176 g/mol. The maximum atomic E-state index is 9.74. The van der Waals surface area contributed by atoms with Crippen LogP contribution in [0.15, 0.2) is 11.7 Å². The third-order valence-electron chi connectivity index (χ3n) is 1.41. The van der Waals surface area contributed by atoms with E-state index >= 15 is 0 Å². The fourth-order valence-corrected chi connectivity index (χ4v) is 0.909. The number of nitrogens with one attached hydrogen (secondary N) is 1. The van der Waals surface area contributed by atoms with E-state index in [4.69, 9.17) is 5.73 Å². The Bertz CT molecular complexity index is 451. The van der Waals surface area contributed by atoms with Crippen molar-refractivity contribution >= 4 is 17.0 Å². The van der Waals surface area contributed by atoms with Crippen LogP contribution in [-0.2, 0) is 0 Å². The molecule has 66 valence electrons. The summed E-state index contributed by atoms with van der Waals surface area (Å²) in [6.45, 7) is 0. The van der Waals surface area contributed by atoms with E-state index in [1.54, 1.807) is 0 Å². The number of hydrogen-bond donors (Lipinski definition) is 2. The number of nitrogens with two attached hydrogens (primary N) is 1. The Morgan fingerprint density at radius 2 is 2.38 bits per heavy atom. The number of H-pyrrole nitrogens is 1. The number of fused-ring (bicyclic) bond motifs is 1. The van der Waals surface area contributed by atoms with Crippen molar-refractivity contribution in [2.45, 2.75) is 0 Å². The number of rotatable bonds is 2. The topological polar surface area (TPSA) is 119 Å². The van der Waals surface area contributed by atoms with Gasteiger partial charge in [-0.15, -0.1) is 4.91 Å². The van der Waals surface area contributed by atoms with Crippen molar-refractivity contribution in [3.8, 4) is 6.01 Å². The smallest absolute Gasteiger partial charge is 0.353 e. The summed E-state index contributed by atoms with van der Waals surface area (Å²) < 4.78 is 0. The molecule has 0 aliphatic heterocycles. The highest BCUT2D eigenvalue weighted by atomic mass is 16.7. The lowest BCUT2D eigenvalue weighted by Gasteiger charge is -1.95. The first kappa shape index (κ1) is 7.40. The van der Waals surface area contributed by atoms with E-state index in [9.17, 15) is 4.91 Å². The minimum atomic E-state index is -0.216. The molecule has 0 aliphatic carbocycles. The van der Waals surface area contributed by atoms with Crippen LogP contribution in [0.1, 0.15) is 0 Å². The van der Waals surface area contributed by atoms with Gasteiger partial charge in [0, 0.05) is 0 Å². The molecule has 2 aromatic heterocycles. The second-order valence-electron chi connectivity index (χ2n) is 2.16. The predicted molar refractivity (Wildman–Crippen MR) is 42.5 cm³/mol. The fourth-order valence-electron chi connectivity index (χ4n) is 0.909. The average Bonchev–Trinajstić information content (AvgIpc) is 2.53. The van der Waals surface area contributed by atoms with Gasteiger partial charge in [0.1, 0.15) is 5.52 Å². The maximum absolute atomic E-state index is 9.74. The van der Waals surface area contributed by atoms with Gasteiger partial charge in [-0.1, -0.05) is 0 Å². The van der Waals surface area contributed by atoms with Crippen LogP contribution >= 0.6 is 0 Å². The van der Waals surface area contributed by atoms with E-state index in [0.717, 1.165) is 0 Å².